The van der Waals surface area contributed by atoms with E-state index in [0.29, 0.717) is 18.7 Å². The van der Waals surface area contributed by atoms with Crippen molar-refractivity contribution in [1.29, 1.82) is 0 Å². The van der Waals surface area contributed by atoms with Crippen molar-refractivity contribution in [3.63, 3.8) is 0 Å². The molecule has 8 heteroatoms. The van der Waals surface area contributed by atoms with Gasteiger partial charge in [0.2, 0.25) is 11.8 Å². The third-order valence-corrected chi connectivity index (χ3v) is 4.36. The Morgan fingerprint density at radius 2 is 2.17 bits per heavy atom. The number of amides is 2. The SMILES string of the molecule is COC(CNC(=O)C1CCN(c2ccccc2Br)C1=O)C(=O)O. The van der Waals surface area contributed by atoms with Crippen LogP contribution in [0.5, 0.6) is 0 Å². The van der Waals surface area contributed by atoms with Gasteiger partial charge in [0, 0.05) is 18.1 Å². The van der Waals surface area contributed by atoms with E-state index >= 15 is 0 Å². The van der Waals surface area contributed by atoms with Crippen molar-refractivity contribution in [2.24, 2.45) is 5.92 Å². The minimum absolute atomic E-state index is 0.177. The van der Waals surface area contributed by atoms with E-state index in [2.05, 4.69) is 21.2 Å². The molecule has 1 saturated heterocycles. The predicted octanol–water partition coefficient (Wildman–Crippen LogP) is 1.02. The number of carboxylic acids is 1. The molecule has 2 atom stereocenters. The number of para-hydroxylation sites is 1. The van der Waals surface area contributed by atoms with Gasteiger partial charge in [-0.1, -0.05) is 12.1 Å². The molecule has 1 aromatic carbocycles. The first-order valence-electron chi connectivity index (χ1n) is 7.05. The van der Waals surface area contributed by atoms with Crippen molar-refractivity contribution in [1.82, 2.24) is 5.32 Å². The second kappa shape index (κ2) is 7.56. The Balaban J connectivity index is 2.00. The largest absolute Gasteiger partial charge is 0.479 e. The molecular formula is C15H17BrN2O5. The van der Waals surface area contributed by atoms with Gasteiger partial charge in [-0.3, -0.25) is 9.59 Å². The lowest BCUT2D eigenvalue weighted by Crippen LogP contribution is -2.42. The number of halogens is 1. The minimum atomic E-state index is -1.17. The summed E-state index contributed by atoms with van der Waals surface area (Å²) in [6.07, 6.45) is -0.744. The number of hydrogen-bond donors (Lipinski definition) is 2. The fourth-order valence-corrected chi connectivity index (χ4v) is 2.92. The molecule has 1 aliphatic heterocycles. The molecule has 1 aromatic rings. The Bertz CT molecular complexity index is 622. The lowest BCUT2D eigenvalue weighted by Gasteiger charge is -2.18. The summed E-state index contributed by atoms with van der Waals surface area (Å²) in [5.74, 6) is -2.75. The van der Waals surface area contributed by atoms with Crippen molar-refractivity contribution in [3.05, 3.63) is 28.7 Å². The average molecular weight is 385 g/mol. The van der Waals surface area contributed by atoms with Crippen LogP contribution in [0, 0.1) is 5.92 Å². The van der Waals surface area contributed by atoms with E-state index < -0.39 is 23.9 Å². The van der Waals surface area contributed by atoms with E-state index in [9.17, 15) is 14.4 Å². The first kappa shape index (κ1) is 17.4. The topological polar surface area (TPSA) is 95.9 Å². The number of nitrogens with one attached hydrogen (secondary N) is 1. The molecule has 0 bridgehead atoms. The normalized spacial score (nSPS) is 18.8. The lowest BCUT2D eigenvalue weighted by atomic mass is 10.1. The monoisotopic (exact) mass is 384 g/mol. The second-order valence-corrected chi connectivity index (χ2v) is 5.94. The Morgan fingerprint density at radius 3 is 2.78 bits per heavy atom. The molecule has 2 rings (SSSR count). The highest BCUT2D eigenvalue weighted by atomic mass is 79.9. The molecule has 0 aromatic heterocycles. The molecule has 2 amide bonds. The average Bonchev–Trinajstić information content (AvgIpc) is 2.89. The molecule has 1 fully saturated rings. The molecule has 23 heavy (non-hydrogen) atoms. The minimum Gasteiger partial charge on any atom is -0.479 e. The maximum Gasteiger partial charge on any atom is 0.334 e. The predicted molar refractivity (Wildman–Crippen MR) is 86.0 cm³/mol. The van der Waals surface area contributed by atoms with Crippen LogP contribution in [0.25, 0.3) is 0 Å². The van der Waals surface area contributed by atoms with Crippen molar-refractivity contribution >= 4 is 39.4 Å². The third kappa shape index (κ3) is 3.89. The van der Waals surface area contributed by atoms with Crippen molar-refractivity contribution < 1.29 is 24.2 Å². The molecule has 0 spiro atoms. The third-order valence-electron chi connectivity index (χ3n) is 3.69. The van der Waals surface area contributed by atoms with Gasteiger partial charge in [-0.2, -0.15) is 0 Å². The molecule has 1 aliphatic rings. The van der Waals surface area contributed by atoms with Crippen LogP contribution in [0.1, 0.15) is 6.42 Å². The van der Waals surface area contributed by atoms with Crippen LogP contribution in [0.3, 0.4) is 0 Å². The van der Waals surface area contributed by atoms with Crippen LogP contribution in [0.4, 0.5) is 5.69 Å². The number of nitrogens with zero attached hydrogens (tertiary/aromatic N) is 1. The molecule has 2 unspecified atom stereocenters. The number of anilines is 1. The Labute approximate surface area is 141 Å². The number of carbonyl (C=O) groups is 3. The number of hydrogen-bond acceptors (Lipinski definition) is 4. The molecule has 124 valence electrons. The van der Waals surface area contributed by atoms with Gasteiger partial charge in [-0.25, -0.2) is 4.79 Å². The summed E-state index contributed by atoms with van der Waals surface area (Å²) < 4.78 is 5.52. The second-order valence-electron chi connectivity index (χ2n) is 5.09. The van der Waals surface area contributed by atoms with Gasteiger partial charge in [-0.05, 0) is 34.5 Å². The first-order chi connectivity index (χ1) is 11.0. The van der Waals surface area contributed by atoms with Crippen LogP contribution in [-0.4, -0.2) is 49.2 Å². The summed E-state index contributed by atoms with van der Waals surface area (Å²) >= 11 is 3.39. The quantitative estimate of drug-likeness (QED) is 0.713. The highest BCUT2D eigenvalue weighted by molar-refractivity contribution is 9.10. The van der Waals surface area contributed by atoms with Crippen LogP contribution < -0.4 is 10.2 Å². The van der Waals surface area contributed by atoms with Crippen molar-refractivity contribution in [2.45, 2.75) is 12.5 Å². The van der Waals surface area contributed by atoms with Gasteiger partial charge in [0.15, 0.2) is 6.10 Å². The Hall–Kier alpha value is -1.93. The van der Waals surface area contributed by atoms with Crippen LogP contribution in [0.2, 0.25) is 0 Å². The number of rotatable bonds is 6. The van der Waals surface area contributed by atoms with E-state index in [1.54, 1.807) is 11.0 Å². The van der Waals surface area contributed by atoms with Crippen LogP contribution in [0.15, 0.2) is 28.7 Å². The standard InChI is InChI=1S/C15H17BrN2O5/c1-23-12(15(21)22)8-17-13(19)9-6-7-18(14(9)20)11-5-3-2-4-10(11)16/h2-5,9,12H,6-8H2,1H3,(H,17,19)(H,21,22). The van der Waals surface area contributed by atoms with Crippen molar-refractivity contribution in [2.75, 3.05) is 25.1 Å². The zero-order valence-electron chi connectivity index (χ0n) is 12.5. The van der Waals surface area contributed by atoms with Crippen LogP contribution >= 0.6 is 15.9 Å². The molecule has 0 radical (unpaired) electrons. The lowest BCUT2D eigenvalue weighted by molar-refractivity contribution is -0.148. The Morgan fingerprint density at radius 1 is 1.48 bits per heavy atom. The summed E-state index contributed by atoms with van der Waals surface area (Å²) in [5, 5.41) is 11.3. The number of carboxylic acid groups (broad SMARTS) is 1. The van der Waals surface area contributed by atoms with Crippen LogP contribution in [-0.2, 0) is 19.1 Å². The van der Waals surface area contributed by atoms with E-state index in [1.807, 2.05) is 18.2 Å². The summed E-state index contributed by atoms with van der Waals surface area (Å²) in [4.78, 5) is 37.0. The van der Waals surface area contributed by atoms with Gasteiger partial charge in [-0.15, -0.1) is 0 Å². The molecular weight excluding hydrogens is 368 g/mol. The van der Waals surface area contributed by atoms with Crippen molar-refractivity contribution in [3.8, 4) is 0 Å². The maximum atomic E-state index is 12.4. The molecule has 7 nitrogen and oxygen atoms in total. The fraction of sp³-hybridized carbons (Fsp3) is 0.400. The summed E-state index contributed by atoms with van der Waals surface area (Å²) in [7, 11) is 1.25. The van der Waals surface area contributed by atoms with Gasteiger partial charge in [0.25, 0.3) is 0 Å². The van der Waals surface area contributed by atoms with E-state index in [-0.39, 0.29) is 12.5 Å². The number of benzene rings is 1. The highest BCUT2D eigenvalue weighted by Crippen LogP contribution is 2.31. The van der Waals surface area contributed by atoms with E-state index in [1.165, 1.54) is 7.11 Å². The van der Waals surface area contributed by atoms with Gasteiger partial charge in [0.1, 0.15) is 5.92 Å². The van der Waals surface area contributed by atoms with Gasteiger partial charge < -0.3 is 20.1 Å². The molecule has 0 aliphatic carbocycles. The first-order valence-corrected chi connectivity index (χ1v) is 7.84. The summed E-state index contributed by atoms with van der Waals surface area (Å²) in [5.41, 5.74) is 0.716. The Kier molecular flexibility index (Phi) is 5.73. The molecule has 0 saturated carbocycles. The zero-order valence-corrected chi connectivity index (χ0v) is 14.1. The molecule has 2 N–H and O–H groups in total. The number of carbonyl (C=O) groups excluding carboxylic acids is 2. The number of methoxy groups -OCH3 is 1. The van der Waals surface area contributed by atoms with Gasteiger partial charge in [0.05, 0.1) is 12.2 Å². The smallest absolute Gasteiger partial charge is 0.334 e. The number of aliphatic carboxylic acids is 1. The van der Waals surface area contributed by atoms with Gasteiger partial charge >= 0.3 is 5.97 Å². The molecule has 1 heterocycles. The zero-order chi connectivity index (χ0) is 17.0. The van der Waals surface area contributed by atoms with E-state index in [0.717, 1.165) is 4.47 Å². The maximum absolute atomic E-state index is 12.4. The van der Waals surface area contributed by atoms with E-state index in [4.69, 9.17) is 9.84 Å². The summed E-state index contributed by atoms with van der Waals surface area (Å²) in [6, 6.07) is 7.28. The number of ether oxygens (including phenoxy) is 1. The highest BCUT2D eigenvalue weighted by Gasteiger charge is 2.38. The summed E-state index contributed by atoms with van der Waals surface area (Å²) in [6.45, 7) is 0.260. The fourth-order valence-electron chi connectivity index (χ4n) is 2.42.